The molecule has 0 radical (unpaired) electrons. The third-order valence-corrected chi connectivity index (χ3v) is 1.51. The second kappa shape index (κ2) is 4.51. The zero-order valence-electron chi connectivity index (χ0n) is 7.12. The van der Waals surface area contributed by atoms with Crippen LogP contribution in [0.2, 0.25) is 0 Å². The quantitative estimate of drug-likeness (QED) is 0.696. The maximum absolute atomic E-state index is 5.67. The van der Waals surface area contributed by atoms with Crippen LogP contribution >= 0.6 is 0 Å². The SMILES string of the molecule is CNCC=Cc1ccncc1N. The summed E-state index contributed by atoms with van der Waals surface area (Å²) in [5, 5.41) is 3.01. The van der Waals surface area contributed by atoms with Crippen LogP contribution in [0.15, 0.2) is 24.5 Å². The number of nitrogen functional groups attached to an aromatic ring is 1. The van der Waals surface area contributed by atoms with E-state index in [0.717, 1.165) is 12.1 Å². The van der Waals surface area contributed by atoms with Crippen molar-refractivity contribution in [2.45, 2.75) is 0 Å². The molecule has 1 heterocycles. The van der Waals surface area contributed by atoms with Gasteiger partial charge in [0.2, 0.25) is 0 Å². The van der Waals surface area contributed by atoms with Gasteiger partial charge in [-0.05, 0) is 13.1 Å². The zero-order chi connectivity index (χ0) is 8.81. The summed E-state index contributed by atoms with van der Waals surface area (Å²) in [6, 6.07) is 1.89. The van der Waals surface area contributed by atoms with Gasteiger partial charge in [0.05, 0.1) is 11.9 Å². The molecule has 1 aromatic heterocycles. The molecule has 0 spiro atoms. The van der Waals surface area contributed by atoms with E-state index in [9.17, 15) is 0 Å². The molecule has 0 aliphatic heterocycles. The van der Waals surface area contributed by atoms with Gasteiger partial charge in [-0.2, -0.15) is 0 Å². The first-order valence-electron chi connectivity index (χ1n) is 3.85. The topological polar surface area (TPSA) is 50.9 Å². The number of anilines is 1. The van der Waals surface area contributed by atoms with Crippen molar-refractivity contribution in [2.75, 3.05) is 19.3 Å². The number of rotatable bonds is 3. The van der Waals surface area contributed by atoms with Crippen molar-refractivity contribution < 1.29 is 0 Å². The van der Waals surface area contributed by atoms with Crippen LogP contribution in [0.25, 0.3) is 6.08 Å². The van der Waals surface area contributed by atoms with Crippen LogP contribution in [-0.2, 0) is 0 Å². The van der Waals surface area contributed by atoms with Gasteiger partial charge in [0.15, 0.2) is 0 Å². The largest absolute Gasteiger partial charge is 0.397 e. The number of likely N-dealkylation sites (N-methyl/N-ethyl adjacent to an activating group) is 1. The lowest BCUT2D eigenvalue weighted by Crippen LogP contribution is -2.03. The van der Waals surface area contributed by atoms with E-state index in [0.29, 0.717) is 5.69 Å². The number of hydrogen-bond donors (Lipinski definition) is 2. The van der Waals surface area contributed by atoms with Crippen LogP contribution in [0.4, 0.5) is 5.69 Å². The summed E-state index contributed by atoms with van der Waals surface area (Å²) in [6.45, 7) is 0.849. The predicted octanol–water partition coefficient (Wildman–Crippen LogP) is 0.896. The maximum Gasteiger partial charge on any atom is 0.0574 e. The molecule has 0 saturated carbocycles. The summed E-state index contributed by atoms with van der Waals surface area (Å²) in [5.41, 5.74) is 7.40. The van der Waals surface area contributed by atoms with Gasteiger partial charge in [-0.15, -0.1) is 0 Å². The average Bonchev–Trinajstić information content (AvgIpc) is 2.09. The van der Waals surface area contributed by atoms with Crippen molar-refractivity contribution in [3.8, 4) is 0 Å². The molecule has 3 heteroatoms. The van der Waals surface area contributed by atoms with Gasteiger partial charge in [-0.25, -0.2) is 0 Å². The second-order valence-electron chi connectivity index (χ2n) is 2.46. The Morgan fingerprint density at radius 2 is 2.50 bits per heavy atom. The monoisotopic (exact) mass is 163 g/mol. The number of nitrogens with zero attached hydrogens (tertiary/aromatic N) is 1. The lowest BCUT2D eigenvalue weighted by atomic mass is 10.2. The smallest absolute Gasteiger partial charge is 0.0574 e. The summed E-state index contributed by atoms with van der Waals surface area (Å²) < 4.78 is 0. The molecular weight excluding hydrogens is 150 g/mol. The molecule has 0 atom stereocenters. The summed E-state index contributed by atoms with van der Waals surface area (Å²) in [4.78, 5) is 3.90. The van der Waals surface area contributed by atoms with Gasteiger partial charge in [-0.3, -0.25) is 4.98 Å². The van der Waals surface area contributed by atoms with Gasteiger partial charge < -0.3 is 11.1 Å². The molecule has 0 bridgehead atoms. The molecule has 3 nitrogen and oxygen atoms in total. The Morgan fingerprint density at radius 1 is 1.67 bits per heavy atom. The zero-order valence-corrected chi connectivity index (χ0v) is 7.12. The van der Waals surface area contributed by atoms with E-state index >= 15 is 0 Å². The summed E-state index contributed by atoms with van der Waals surface area (Å²) in [5.74, 6) is 0. The molecule has 0 aliphatic rings. The average molecular weight is 163 g/mol. The van der Waals surface area contributed by atoms with E-state index in [-0.39, 0.29) is 0 Å². The highest BCUT2D eigenvalue weighted by atomic mass is 14.8. The van der Waals surface area contributed by atoms with Gasteiger partial charge >= 0.3 is 0 Å². The summed E-state index contributed by atoms with van der Waals surface area (Å²) in [6.07, 6.45) is 7.38. The molecule has 0 unspecified atom stereocenters. The van der Waals surface area contributed by atoms with Crippen molar-refractivity contribution in [3.05, 3.63) is 30.1 Å². The molecular formula is C9H13N3. The maximum atomic E-state index is 5.67. The number of nitrogens with one attached hydrogen (secondary N) is 1. The minimum Gasteiger partial charge on any atom is -0.397 e. The molecule has 12 heavy (non-hydrogen) atoms. The fraction of sp³-hybridized carbons (Fsp3) is 0.222. The fourth-order valence-electron chi connectivity index (χ4n) is 0.873. The fourth-order valence-corrected chi connectivity index (χ4v) is 0.873. The van der Waals surface area contributed by atoms with Gasteiger partial charge in [-0.1, -0.05) is 12.2 Å². The molecule has 1 rings (SSSR count). The second-order valence-corrected chi connectivity index (χ2v) is 2.46. The highest BCUT2D eigenvalue weighted by Gasteiger charge is 1.90. The van der Waals surface area contributed by atoms with Gasteiger partial charge in [0.1, 0.15) is 0 Å². The van der Waals surface area contributed by atoms with E-state index in [1.54, 1.807) is 12.4 Å². The van der Waals surface area contributed by atoms with Crippen molar-refractivity contribution in [2.24, 2.45) is 0 Å². The summed E-state index contributed by atoms with van der Waals surface area (Å²) in [7, 11) is 1.90. The minimum atomic E-state index is 0.713. The normalized spacial score (nSPS) is 10.8. The van der Waals surface area contributed by atoms with E-state index in [4.69, 9.17) is 5.73 Å². The Morgan fingerprint density at radius 3 is 3.17 bits per heavy atom. The lowest BCUT2D eigenvalue weighted by molar-refractivity contribution is 0.922. The van der Waals surface area contributed by atoms with Crippen molar-refractivity contribution >= 4 is 11.8 Å². The predicted molar refractivity (Wildman–Crippen MR) is 51.6 cm³/mol. The molecule has 0 aliphatic carbocycles. The van der Waals surface area contributed by atoms with E-state index < -0.39 is 0 Å². The van der Waals surface area contributed by atoms with E-state index in [1.807, 2.05) is 25.3 Å². The Labute approximate surface area is 72.3 Å². The lowest BCUT2D eigenvalue weighted by Gasteiger charge is -1.97. The van der Waals surface area contributed by atoms with Crippen LogP contribution < -0.4 is 11.1 Å². The Kier molecular flexibility index (Phi) is 3.29. The molecule has 0 saturated heterocycles. The highest BCUT2D eigenvalue weighted by Crippen LogP contribution is 2.09. The molecule has 1 aromatic rings. The van der Waals surface area contributed by atoms with Crippen LogP contribution in [0.5, 0.6) is 0 Å². The molecule has 0 fully saturated rings. The van der Waals surface area contributed by atoms with Crippen molar-refractivity contribution in [3.63, 3.8) is 0 Å². The first kappa shape index (κ1) is 8.74. The standard InChI is InChI=1S/C9H13N3/c1-11-5-2-3-8-4-6-12-7-9(8)10/h2-4,6-7,11H,5,10H2,1H3. The summed E-state index contributed by atoms with van der Waals surface area (Å²) >= 11 is 0. The van der Waals surface area contributed by atoms with Crippen LogP contribution in [0.3, 0.4) is 0 Å². The first-order chi connectivity index (χ1) is 5.84. The van der Waals surface area contributed by atoms with Gasteiger partial charge in [0.25, 0.3) is 0 Å². The highest BCUT2D eigenvalue weighted by molar-refractivity contribution is 5.62. The van der Waals surface area contributed by atoms with Crippen LogP contribution in [0, 0.1) is 0 Å². The minimum absolute atomic E-state index is 0.713. The molecule has 3 N–H and O–H groups in total. The Balaban J connectivity index is 2.68. The molecule has 0 aromatic carbocycles. The number of nitrogens with two attached hydrogens (primary N) is 1. The number of aromatic nitrogens is 1. The Bertz CT molecular complexity index is 268. The van der Waals surface area contributed by atoms with Crippen molar-refractivity contribution in [1.82, 2.24) is 10.3 Å². The van der Waals surface area contributed by atoms with E-state index in [1.165, 1.54) is 0 Å². The van der Waals surface area contributed by atoms with E-state index in [2.05, 4.69) is 10.3 Å². The first-order valence-corrected chi connectivity index (χ1v) is 3.85. The number of hydrogen-bond acceptors (Lipinski definition) is 3. The third-order valence-electron chi connectivity index (χ3n) is 1.51. The van der Waals surface area contributed by atoms with Crippen molar-refractivity contribution in [1.29, 1.82) is 0 Å². The van der Waals surface area contributed by atoms with Crippen LogP contribution in [0.1, 0.15) is 5.56 Å². The van der Waals surface area contributed by atoms with Crippen LogP contribution in [-0.4, -0.2) is 18.6 Å². The third kappa shape index (κ3) is 2.36. The van der Waals surface area contributed by atoms with Gasteiger partial charge in [0, 0.05) is 18.3 Å². The Hall–Kier alpha value is -1.35. The molecule has 0 amide bonds. The molecule has 64 valence electrons. The number of pyridine rings is 1.